The number of hydrogen-bond acceptors (Lipinski definition) is 10. The minimum absolute atomic E-state index is 0.00428. The average molecular weight is 881 g/mol. The van der Waals surface area contributed by atoms with E-state index in [1.54, 1.807) is 59.8 Å². The highest BCUT2D eigenvalue weighted by Gasteiger charge is 2.23. The second kappa shape index (κ2) is 19.3. The highest BCUT2D eigenvalue weighted by Crippen LogP contribution is 2.31. The van der Waals surface area contributed by atoms with Crippen LogP contribution in [0.4, 0.5) is 16.2 Å². The van der Waals surface area contributed by atoms with Crippen LogP contribution < -0.4 is 19.7 Å². The van der Waals surface area contributed by atoms with E-state index in [2.05, 4.69) is 26.2 Å². The van der Waals surface area contributed by atoms with Crippen molar-refractivity contribution < 1.29 is 32.3 Å². The Balaban J connectivity index is 0.000000225. The van der Waals surface area contributed by atoms with Gasteiger partial charge in [0.15, 0.2) is 5.65 Å². The van der Waals surface area contributed by atoms with E-state index in [4.69, 9.17) is 14.7 Å². The number of methoxy groups -OCH3 is 1. The molecule has 15 nitrogen and oxygen atoms in total. The standard InChI is InChI=1S/C31H33N3O6S.C17H15N5O/c1-20-8-4-7-11-29(20)41(37,38)33-30(35)22-13-12-21(28(17-22)39-3)16-23-19-34(2)27-15-14-24(18-26(23)27)32-31(36)40-25-9-5-6-10-25;1-3-21(12(2)23)15-6-4-5-13(9-15)16-7-8-19-17-14(10-18)11-20-22(16)17/h4,7-8,11-15,17-19,25H,5-6,9-10,16H2,1-3H3,(H,32,36)(H,33,35);4-9,11H,3H2,1-2H3. The number of carbonyl (C=O) groups excluding carboxylic acids is 3. The van der Waals surface area contributed by atoms with Crippen molar-refractivity contribution in [3.63, 3.8) is 0 Å². The summed E-state index contributed by atoms with van der Waals surface area (Å²) in [4.78, 5) is 43.0. The van der Waals surface area contributed by atoms with Crippen LogP contribution in [0.15, 0.2) is 114 Å². The molecule has 3 amide bonds. The summed E-state index contributed by atoms with van der Waals surface area (Å²) < 4.78 is 42.5. The largest absolute Gasteiger partial charge is 0.496 e. The molecule has 4 aromatic carbocycles. The van der Waals surface area contributed by atoms with E-state index in [1.165, 1.54) is 25.4 Å². The number of nitrogens with zero attached hydrogens (tertiary/aromatic N) is 6. The number of benzene rings is 4. The van der Waals surface area contributed by atoms with Crippen LogP contribution in [0.1, 0.15) is 72.1 Å². The molecule has 1 aliphatic carbocycles. The first-order valence-electron chi connectivity index (χ1n) is 20.8. The molecule has 0 atom stereocenters. The maximum Gasteiger partial charge on any atom is 0.411 e. The van der Waals surface area contributed by atoms with Crippen molar-refractivity contribution in [1.82, 2.24) is 23.9 Å². The summed E-state index contributed by atoms with van der Waals surface area (Å²) in [5.41, 5.74) is 7.65. The molecular formula is C48H48N8O7S. The molecule has 16 heteroatoms. The Labute approximate surface area is 371 Å². The topological polar surface area (TPSA) is 190 Å². The van der Waals surface area contributed by atoms with Crippen LogP contribution in [-0.4, -0.2) is 65.2 Å². The maximum atomic E-state index is 12.9. The number of anilines is 2. The van der Waals surface area contributed by atoms with Crippen LogP contribution in [0.2, 0.25) is 0 Å². The zero-order chi connectivity index (χ0) is 45.5. The number of aryl methyl sites for hydroxylation is 2. The lowest BCUT2D eigenvalue weighted by Gasteiger charge is -2.19. The van der Waals surface area contributed by atoms with Crippen molar-refractivity contribution in [2.24, 2.45) is 7.05 Å². The van der Waals surface area contributed by atoms with Crippen molar-refractivity contribution >= 4 is 55.9 Å². The van der Waals surface area contributed by atoms with Gasteiger partial charge in [-0.05, 0) is 111 Å². The lowest BCUT2D eigenvalue weighted by atomic mass is 10.0. The van der Waals surface area contributed by atoms with Crippen molar-refractivity contribution in [2.75, 3.05) is 23.9 Å². The summed E-state index contributed by atoms with van der Waals surface area (Å²) in [5, 5.41) is 17.2. The summed E-state index contributed by atoms with van der Waals surface area (Å²) in [6.45, 7) is 5.76. The molecule has 3 heterocycles. The third kappa shape index (κ3) is 9.74. The lowest BCUT2D eigenvalue weighted by molar-refractivity contribution is -0.116. The highest BCUT2D eigenvalue weighted by molar-refractivity contribution is 7.90. The van der Waals surface area contributed by atoms with E-state index in [0.29, 0.717) is 41.2 Å². The predicted octanol–water partition coefficient (Wildman–Crippen LogP) is 8.34. The Bertz CT molecular complexity index is 3040. The van der Waals surface area contributed by atoms with Crippen molar-refractivity contribution in [3.8, 4) is 23.1 Å². The van der Waals surface area contributed by atoms with Gasteiger partial charge in [0.2, 0.25) is 5.91 Å². The van der Waals surface area contributed by atoms with Gasteiger partial charge in [-0.25, -0.2) is 27.4 Å². The van der Waals surface area contributed by atoms with E-state index in [-0.39, 0.29) is 22.5 Å². The average Bonchev–Trinajstić information content (AvgIpc) is 4.03. The molecule has 1 saturated carbocycles. The van der Waals surface area contributed by atoms with Crippen LogP contribution >= 0.6 is 0 Å². The highest BCUT2D eigenvalue weighted by atomic mass is 32.2. The van der Waals surface area contributed by atoms with Crippen molar-refractivity contribution in [3.05, 3.63) is 137 Å². The van der Waals surface area contributed by atoms with Gasteiger partial charge in [-0.15, -0.1) is 0 Å². The Hall–Kier alpha value is -7.51. The van der Waals surface area contributed by atoms with Gasteiger partial charge in [-0.3, -0.25) is 14.9 Å². The van der Waals surface area contributed by atoms with Crippen LogP contribution in [0.5, 0.6) is 5.75 Å². The number of carbonyl (C=O) groups is 3. The first-order chi connectivity index (χ1) is 30.8. The number of nitriles is 1. The molecule has 1 aliphatic rings. The number of sulfonamides is 1. The van der Waals surface area contributed by atoms with Gasteiger partial charge in [0.05, 0.1) is 23.9 Å². The van der Waals surface area contributed by atoms with Crippen LogP contribution in [-0.2, 0) is 33.0 Å². The van der Waals surface area contributed by atoms with E-state index in [1.807, 2.05) is 73.3 Å². The van der Waals surface area contributed by atoms with Crippen LogP contribution in [0, 0.1) is 18.3 Å². The van der Waals surface area contributed by atoms with Gasteiger partial charge in [0, 0.05) is 72.7 Å². The van der Waals surface area contributed by atoms with E-state index in [9.17, 15) is 22.8 Å². The number of ether oxygens (including phenoxy) is 2. The molecule has 8 rings (SSSR count). The van der Waals surface area contributed by atoms with E-state index in [0.717, 1.165) is 64.7 Å². The summed E-state index contributed by atoms with van der Waals surface area (Å²) in [6, 6.07) is 28.7. The first-order valence-corrected chi connectivity index (χ1v) is 22.2. The molecule has 2 N–H and O–H groups in total. The van der Waals surface area contributed by atoms with E-state index >= 15 is 0 Å². The quantitative estimate of drug-likeness (QED) is 0.128. The molecule has 1 fully saturated rings. The number of amides is 3. The number of aromatic nitrogens is 4. The third-order valence-electron chi connectivity index (χ3n) is 11.1. The zero-order valence-corrected chi connectivity index (χ0v) is 37.0. The molecule has 64 heavy (non-hydrogen) atoms. The predicted molar refractivity (Wildman–Crippen MR) is 244 cm³/mol. The molecule has 0 unspecified atom stereocenters. The third-order valence-corrected chi connectivity index (χ3v) is 12.6. The Morgan fingerprint density at radius 1 is 0.969 bits per heavy atom. The summed E-state index contributed by atoms with van der Waals surface area (Å²) >= 11 is 0. The molecule has 3 aromatic heterocycles. The molecule has 7 aromatic rings. The smallest absolute Gasteiger partial charge is 0.411 e. The fraction of sp³-hybridized carbons (Fsp3) is 0.250. The van der Waals surface area contributed by atoms with Crippen molar-refractivity contribution in [2.45, 2.75) is 63.9 Å². The minimum Gasteiger partial charge on any atom is -0.496 e. The molecule has 328 valence electrons. The van der Waals surface area contributed by atoms with Crippen LogP contribution in [0.3, 0.4) is 0 Å². The van der Waals surface area contributed by atoms with Gasteiger partial charge >= 0.3 is 6.09 Å². The van der Waals surface area contributed by atoms with Crippen molar-refractivity contribution in [1.29, 1.82) is 5.26 Å². The molecule has 0 aliphatic heterocycles. The van der Waals surface area contributed by atoms with Gasteiger partial charge in [0.1, 0.15) is 23.5 Å². The Kier molecular flexibility index (Phi) is 13.4. The fourth-order valence-electron chi connectivity index (χ4n) is 7.94. The summed E-state index contributed by atoms with van der Waals surface area (Å²) in [7, 11) is -0.583. The summed E-state index contributed by atoms with van der Waals surface area (Å²) in [5.74, 6) is -0.295. The molecule has 0 bridgehead atoms. The first kappa shape index (κ1) is 44.5. The molecule has 0 saturated heterocycles. The van der Waals surface area contributed by atoms with Gasteiger partial charge in [-0.2, -0.15) is 10.4 Å². The molecule has 0 radical (unpaired) electrons. The van der Waals surface area contributed by atoms with Gasteiger partial charge in [0.25, 0.3) is 15.9 Å². The maximum absolute atomic E-state index is 12.9. The van der Waals surface area contributed by atoms with Gasteiger partial charge in [-0.1, -0.05) is 36.4 Å². The second-order valence-corrected chi connectivity index (χ2v) is 17.0. The van der Waals surface area contributed by atoms with E-state index < -0.39 is 22.0 Å². The zero-order valence-electron chi connectivity index (χ0n) is 36.2. The SMILES string of the molecule is CCN(C(C)=O)c1cccc(-c2ccnc3c(C#N)cnn23)c1.COc1cc(C(=O)NS(=O)(=O)c2ccccc2C)ccc1Cc1cn(C)c2ccc(NC(=O)OC3CCCC3)cc12. The normalized spacial score (nSPS) is 12.6. The summed E-state index contributed by atoms with van der Waals surface area (Å²) in [6.07, 6.45) is 9.16. The molecule has 0 spiro atoms. The molecular weight excluding hydrogens is 833 g/mol. The minimum atomic E-state index is -4.04. The second-order valence-electron chi connectivity index (χ2n) is 15.4. The Morgan fingerprint density at radius 3 is 2.47 bits per heavy atom. The fourth-order valence-corrected chi connectivity index (χ4v) is 9.16. The lowest BCUT2D eigenvalue weighted by Crippen LogP contribution is -2.31. The Morgan fingerprint density at radius 2 is 1.75 bits per heavy atom. The van der Waals surface area contributed by atoms with Gasteiger partial charge < -0.3 is 18.9 Å². The van der Waals surface area contributed by atoms with Crippen LogP contribution in [0.25, 0.3) is 27.8 Å². The number of rotatable bonds is 11. The number of nitrogens with one attached hydrogen (secondary N) is 2. The number of hydrogen-bond donors (Lipinski definition) is 2. The number of fused-ring (bicyclic) bond motifs is 2. The monoisotopic (exact) mass is 880 g/mol.